The summed E-state index contributed by atoms with van der Waals surface area (Å²) in [6, 6.07) is 0. The van der Waals surface area contributed by atoms with Crippen LogP contribution in [0.15, 0.2) is 11.5 Å². The van der Waals surface area contributed by atoms with E-state index in [0.717, 1.165) is 0 Å². The highest BCUT2D eigenvalue weighted by Gasteiger charge is 2.43. The zero-order valence-corrected chi connectivity index (χ0v) is 6.32. The second kappa shape index (κ2) is 3.13. The van der Waals surface area contributed by atoms with Crippen molar-refractivity contribution in [2.24, 2.45) is 5.73 Å². The molecule has 0 bridgehead atoms. The molecule has 0 fully saturated rings. The van der Waals surface area contributed by atoms with Gasteiger partial charge in [0.1, 0.15) is 0 Å². The van der Waals surface area contributed by atoms with Gasteiger partial charge in [-0.1, -0.05) is 0 Å². The van der Waals surface area contributed by atoms with E-state index < -0.39 is 21.3 Å². The number of carbonyl (C=O) groups is 1. The largest absolute Gasteiger partial charge is 0.501 e. The minimum absolute atomic E-state index is 0.128. The molecule has 0 radical (unpaired) electrons. The molecule has 0 aliphatic heterocycles. The molecule has 0 unspecified atom stereocenters. The first-order valence-corrected chi connectivity index (χ1v) is 4.00. The maximum absolute atomic E-state index is 11.5. The van der Waals surface area contributed by atoms with Crippen LogP contribution in [0.3, 0.4) is 0 Å². The van der Waals surface area contributed by atoms with E-state index in [1.807, 2.05) is 0 Å². The maximum atomic E-state index is 11.5. The average Bonchev–Trinajstić information content (AvgIpc) is 1.81. The molecule has 0 aromatic carbocycles. The highest BCUT2D eigenvalue weighted by Crippen LogP contribution is 2.24. The lowest BCUT2D eigenvalue weighted by Gasteiger charge is -2.01. The zero-order valence-electron chi connectivity index (χ0n) is 5.50. The molecular weight excluding hydrogens is 199 g/mol. The van der Waals surface area contributed by atoms with E-state index in [1.165, 1.54) is 0 Å². The molecule has 0 aromatic heterocycles. The number of hydrogen-bond donors (Lipinski definition) is 1. The van der Waals surface area contributed by atoms with Crippen molar-refractivity contribution in [2.75, 3.05) is 0 Å². The molecule has 2 N–H and O–H groups in total. The molecule has 0 heterocycles. The third-order valence-corrected chi connectivity index (χ3v) is 1.87. The van der Waals surface area contributed by atoms with Crippen molar-refractivity contribution in [2.45, 2.75) is 5.51 Å². The third-order valence-electron chi connectivity index (χ3n) is 0.734. The number of nitrogens with two attached hydrogens (primary N) is 1. The summed E-state index contributed by atoms with van der Waals surface area (Å²) in [5, 5.41) is -0.282. The molecule has 4 nitrogen and oxygen atoms in total. The lowest BCUT2D eigenvalue weighted by Crippen LogP contribution is -2.21. The Kier molecular flexibility index (Phi) is 2.86. The summed E-state index contributed by atoms with van der Waals surface area (Å²) < 4.78 is 54.8. The van der Waals surface area contributed by atoms with E-state index in [-0.39, 0.29) is 11.5 Å². The minimum atomic E-state index is -5.39. The molecular formula is C4H4F3NO3S. The van der Waals surface area contributed by atoms with Gasteiger partial charge < -0.3 is 5.73 Å². The molecule has 0 aromatic rings. The Hall–Kier alpha value is -1.05. The van der Waals surface area contributed by atoms with Crippen molar-refractivity contribution in [3.8, 4) is 0 Å². The van der Waals surface area contributed by atoms with Gasteiger partial charge in [0.15, 0.2) is 0 Å². The molecule has 70 valence electrons. The molecule has 0 rings (SSSR count). The number of rotatable bonds is 2. The van der Waals surface area contributed by atoms with Crippen LogP contribution in [0, 0.1) is 0 Å². The summed E-state index contributed by atoms with van der Waals surface area (Å²) in [6.45, 7) is 0. The SMILES string of the molecule is NC(=O)C=CS(=O)(=O)C(F)(F)F. The first kappa shape index (κ1) is 11.0. The Morgan fingerprint density at radius 3 is 2.00 bits per heavy atom. The molecule has 8 heteroatoms. The second-order valence-electron chi connectivity index (χ2n) is 1.70. The van der Waals surface area contributed by atoms with Crippen molar-refractivity contribution >= 4 is 15.7 Å². The number of halogens is 3. The van der Waals surface area contributed by atoms with Crippen LogP contribution in [0.25, 0.3) is 0 Å². The summed E-state index contributed by atoms with van der Waals surface area (Å²) >= 11 is 0. The topological polar surface area (TPSA) is 77.2 Å². The Morgan fingerprint density at radius 1 is 1.33 bits per heavy atom. The second-order valence-corrected chi connectivity index (χ2v) is 3.52. The molecule has 0 aliphatic carbocycles. The summed E-state index contributed by atoms with van der Waals surface area (Å²) in [5.74, 6) is -1.26. The van der Waals surface area contributed by atoms with Crippen molar-refractivity contribution in [3.05, 3.63) is 11.5 Å². The van der Waals surface area contributed by atoms with Crippen LogP contribution in [0.4, 0.5) is 13.2 Å². The van der Waals surface area contributed by atoms with Crippen LogP contribution in [0.5, 0.6) is 0 Å². The van der Waals surface area contributed by atoms with Gasteiger partial charge in [0, 0.05) is 11.5 Å². The van der Waals surface area contributed by atoms with Crippen LogP contribution in [0.1, 0.15) is 0 Å². The summed E-state index contributed by atoms with van der Waals surface area (Å²) in [5.41, 5.74) is -1.00. The predicted octanol–water partition coefficient (Wildman–Crippen LogP) is -0.0800. The van der Waals surface area contributed by atoms with E-state index in [4.69, 9.17) is 0 Å². The standard InChI is InChI=1S/C4H4F3NO3S/c5-4(6,7)12(10,11)2-1-3(8)9/h1-2H,(H2,8,9). The highest BCUT2D eigenvalue weighted by molar-refractivity contribution is 7.95. The van der Waals surface area contributed by atoms with Gasteiger partial charge in [0.2, 0.25) is 5.91 Å². The van der Waals surface area contributed by atoms with Gasteiger partial charge in [0.05, 0.1) is 0 Å². The highest BCUT2D eigenvalue weighted by atomic mass is 32.2. The molecule has 0 saturated heterocycles. The van der Waals surface area contributed by atoms with Gasteiger partial charge in [-0.25, -0.2) is 8.42 Å². The number of hydrogen-bond acceptors (Lipinski definition) is 3. The maximum Gasteiger partial charge on any atom is 0.501 e. The number of alkyl halides is 3. The molecule has 0 saturated carbocycles. The zero-order chi connectivity index (χ0) is 9.99. The number of amides is 1. The van der Waals surface area contributed by atoms with Crippen LogP contribution in [-0.4, -0.2) is 19.8 Å². The average molecular weight is 203 g/mol. The first-order valence-electron chi connectivity index (χ1n) is 2.45. The number of carbonyl (C=O) groups excluding carboxylic acids is 1. The van der Waals surface area contributed by atoms with Crippen LogP contribution in [-0.2, 0) is 14.6 Å². The van der Waals surface area contributed by atoms with E-state index >= 15 is 0 Å². The van der Waals surface area contributed by atoms with Crippen molar-refractivity contribution < 1.29 is 26.4 Å². The van der Waals surface area contributed by atoms with E-state index in [1.54, 1.807) is 0 Å². The predicted molar refractivity (Wildman–Crippen MR) is 33.3 cm³/mol. The first-order chi connectivity index (χ1) is 5.17. The van der Waals surface area contributed by atoms with Crippen molar-refractivity contribution in [1.82, 2.24) is 0 Å². The van der Waals surface area contributed by atoms with Gasteiger partial charge in [0.25, 0.3) is 9.84 Å². The van der Waals surface area contributed by atoms with Crippen molar-refractivity contribution in [3.63, 3.8) is 0 Å². The quantitative estimate of drug-likeness (QED) is 0.637. The summed E-state index contributed by atoms with van der Waals surface area (Å²) in [6.07, 6.45) is 0.128. The lowest BCUT2D eigenvalue weighted by atomic mass is 10.6. The van der Waals surface area contributed by atoms with Crippen LogP contribution in [0.2, 0.25) is 0 Å². The monoisotopic (exact) mass is 203 g/mol. The smallest absolute Gasteiger partial charge is 0.366 e. The van der Waals surface area contributed by atoms with Gasteiger partial charge in [-0.15, -0.1) is 0 Å². The van der Waals surface area contributed by atoms with Gasteiger partial charge in [-0.05, 0) is 0 Å². The van der Waals surface area contributed by atoms with Gasteiger partial charge >= 0.3 is 5.51 Å². The van der Waals surface area contributed by atoms with E-state index in [0.29, 0.717) is 0 Å². The number of sulfone groups is 1. The van der Waals surface area contributed by atoms with E-state index in [2.05, 4.69) is 5.73 Å². The summed E-state index contributed by atoms with van der Waals surface area (Å²) in [7, 11) is -5.37. The van der Waals surface area contributed by atoms with Gasteiger partial charge in [-0.2, -0.15) is 13.2 Å². The molecule has 12 heavy (non-hydrogen) atoms. The molecule has 0 atom stereocenters. The lowest BCUT2D eigenvalue weighted by molar-refractivity contribution is -0.113. The molecule has 1 amide bonds. The molecule has 0 spiro atoms. The fourth-order valence-corrected chi connectivity index (χ4v) is 0.701. The van der Waals surface area contributed by atoms with Gasteiger partial charge in [-0.3, -0.25) is 4.79 Å². The Balaban J connectivity index is 4.81. The fourth-order valence-electron chi connectivity index (χ4n) is 0.234. The Bertz CT molecular complexity index is 302. The van der Waals surface area contributed by atoms with E-state index in [9.17, 15) is 26.4 Å². The molecule has 0 aliphatic rings. The minimum Gasteiger partial charge on any atom is -0.366 e. The number of primary amides is 1. The third kappa shape index (κ3) is 2.91. The fraction of sp³-hybridized carbons (Fsp3) is 0.250. The van der Waals surface area contributed by atoms with Crippen LogP contribution >= 0.6 is 0 Å². The van der Waals surface area contributed by atoms with Crippen LogP contribution < -0.4 is 5.73 Å². The normalized spacial score (nSPS) is 13.6. The Morgan fingerprint density at radius 2 is 1.75 bits per heavy atom. The summed E-state index contributed by atoms with van der Waals surface area (Å²) in [4.78, 5) is 9.88. The Labute approximate surface area is 65.8 Å². The van der Waals surface area contributed by atoms with Crippen molar-refractivity contribution in [1.29, 1.82) is 0 Å².